The van der Waals surface area contributed by atoms with Crippen molar-refractivity contribution in [1.29, 1.82) is 0 Å². The topological polar surface area (TPSA) is 69.6 Å². The van der Waals surface area contributed by atoms with E-state index in [-0.39, 0.29) is 30.2 Å². The molecule has 5 heteroatoms. The second-order valence-corrected chi connectivity index (χ2v) is 5.16. The van der Waals surface area contributed by atoms with Crippen molar-refractivity contribution in [1.82, 2.24) is 5.32 Å². The maximum Gasteiger partial charge on any atom is 0.251 e. The van der Waals surface area contributed by atoms with Crippen LogP contribution in [0.15, 0.2) is 34.8 Å². The monoisotopic (exact) mass is 311 g/mol. The molecule has 0 heterocycles. The Balaban J connectivity index is 2.00. The highest BCUT2D eigenvalue weighted by molar-refractivity contribution is 9.10. The maximum absolute atomic E-state index is 11.9. The van der Waals surface area contributed by atoms with Crippen molar-refractivity contribution >= 4 is 21.8 Å². The smallest absolute Gasteiger partial charge is 0.251 e. The van der Waals surface area contributed by atoms with Crippen molar-refractivity contribution in [3.05, 3.63) is 40.4 Å². The van der Waals surface area contributed by atoms with Gasteiger partial charge in [-0.15, -0.1) is 0 Å². The SMILES string of the molecule is O=C(N[C@@H]1C=C[C@H](CO)C1)c1ccc(Br)c(O)c1. The van der Waals surface area contributed by atoms with Gasteiger partial charge < -0.3 is 15.5 Å². The Hall–Kier alpha value is -1.33. The molecule has 0 saturated carbocycles. The van der Waals surface area contributed by atoms with Gasteiger partial charge in [0.05, 0.1) is 4.47 Å². The Morgan fingerprint density at radius 3 is 2.83 bits per heavy atom. The number of halogens is 1. The third kappa shape index (κ3) is 2.91. The largest absolute Gasteiger partial charge is 0.507 e. The van der Waals surface area contributed by atoms with Gasteiger partial charge in [0, 0.05) is 24.1 Å². The molecule has 0 unspecified atom stereocenters. The molecular weight excluding hydrogens is 298 g/mol. The normalized spacial score (nSPS) is 22.1. The summed E-state index contributed by atoms with van der Waals surface area (Å²) < 4.78 is 0.556. The van der Waals surface area contributed by atoms with Crippen LogP contribution in [0, 0.1) is 5.92 Å². The van der Waals surface area contributed by atoms with Crippen LogP contribution in [0.1, 0.15) is 16.8 Å². The lowest BCUT2D eigenvalue weighted by molar-refractivity contribution is 0.0940. The van der Waals surface area contributed by atoms with E-state index in [4.69, 9.17) is 5.11 Å². The molecule has 18 heavy (non-hydrogen) atoms. The maximum atomic E-state index is 11.9. The summed E-state index contributed by atoms with van der Waals surface area (Å²) in [7, 11) is 0. The average molecular weight is 312 g/mol. The average Bonchev–Trinajstić information content (AvgIpc) is 2.80. The van der Waals surface area contributed by atoms with Gasteiger partial charge in [0.2, 0.25) is 0 Å². The van der Waals surface area contributed by atoms with Gasteiger partial charge in [0.1, 0.15) is 5.75 Å². The summed E-state index contributed by atoms with van der Waals surface area (Å²) in [5, 5.41) is 21.4. The van der Waals surface area contributed by atoms with E-state index >= 15 is 0 Å². The van der Waals surface area contributed by atoms with Crippen molar-refractivity contribution in [2.75, 3.05) is 6.61 Å². The molecule has 0 bridgehead atoms. The molecule has 0 radical (unpaired) electrons. The summed E-state index contributed by atoms with van der Waals surface area (Å²) in [5.74, 6) is -0.0718. The third-order valence-corrected chi connectivity index (χ3v) is 3.60. The van der Waals surface area contributed by atoms with Crippen LogP contribution in [-0.4, -0.2) is 28.8 Å². The first kappa shape index (κ1) is 13.1. The number of phenolic OH excluding ortho intramolecular Hbond substituents is 1. The first-order valence-electron chi connectivity index (χ1n) is 5.68. The highest BCUT2D eigenvalue weighted by atomic mass is 79.9. The van der Waals surface area contributed by atoms with Crippen LogP contribution in [0.5, 0.6) is 5.75 Å². The van der Waals surface area contributed by atoms with E-state index in [1.54, 1.807) is 12.1 Å². The van der Waals surface area contributed by atoms with Crippen LogP contribution >= 0.6 is 15.9 Å². The van der Waals surface area contributed by atoms with E-state index < -0.39 is 0 Å². The number of nitrogens with one attached hydrogen (secondary N) is 1. The van der Waals surface area contributed by atoms with Crippen molar-refractivity contribution in [2.24, 2.45) is 5.92 Å². The number of hydrogen-bond acceptors (Lipinski definition) is 3. The first-order chi connectivity index (χ1) is 8.60. The minimum absolute atomic E-state index is 0.0397. The van der Waals surface area contributed by atoms with Gasteiger partial charge >= 0.3 is 0 Å². The summed E-state index contributed by atoms with van der Waals surface area (Å²) in [6, 6.07) is 4.63. The number of phenols is 1. The molecular formula is C13H14BrNO3. The van der Waals surface area contributed by atoms with Gasteiger partial charge in [-0.05, 0) is 40.5 Å². The predicted octanol–water partition coefficient (Wildman–Crippen LogP) is 1.82. The Morgan fingerprint density at radius 2 is 2.22 bits per heavy atom. The van der Waals surface area contributed by atoms with Gasteiger partial charge in [-0.25, -0.2) is 0 Å². The van der Waals surface area contributed by atoms with Crippen molar-refractivity contribution < 1.29 is 15.0 Å². The van der Waals surface area contributed by atoms with Crippen molar-refractivity contribution in [3.63, 3.8) is 0 Å². The van der Waals surface area contributed by atoms with Gasteiger partial charge in [0.15, 0.2) is 0 Å². The molecule has 0 saturated heterocycles. The Labute approximate surface area is 113 Å². The molecule has 0 fully saturated rings. The Morgan fingerprint density at radius 1 is 1.44 bits per heavy atom. The zero-order chi connectivity index (χ0) is 13.1. The van der Waals surface area contributed by atoms with Crippen LogP contribution in [0.3, 0.4) is 0 Å². The number of carbonyl (C=O) groups is 1. The minimum atomic E-state index is -0.231. The molecule has 1 aliphatic carbocycles. The molecule has 3 N–H and O–H groups in total. The minimum Gasteiger partial charge on any atom is -0.507 e. The number of aromatic hydroxyl groups is 1. The Bertz CT molecular complexity index is 487. The molecule has 1 aliphatic rings. The van der Waals surface area contributed by atoms with Gasteiger partial charge in [-0.1, -0.05) is 12.2 Å². The van der Waals surface area contributed by atoms with Crippen LogP contribution in [0.2, 0.25) is 0 Å². The molecule has 4 nitrogen and oxygen atoms in total. The summed E-state index contributed by atoms with van der Waals surface area (Å²) >= 11 is 3.16. The number of aliphatic hydroxyl groups excluding tert-OH is 1. The molecule has 1 aromatic carbocycles. The summed E-state index contributed by atoms with van der Waals surface area (Å²) in [6.07, 6.45) is 4.51. The van der Waals surface area contributed by atoms with Crippen LogP contribution in [0.4, 0.5) is 0 Å². The lowest BCUT2D eigenvalue weighted by atomic mass is 10.1. The fourth-order valence-electron chi connectivity index (χ4n) is 1.92. The standard InChI is InChI=1S/C13H14BrNO3/c14-11-4-2-9(6-12(11)17)13(18)15-10-3-1-8(5-10)7-16/h1-4,6,8,10,16-17H,5,7H2,(H,15,18)/t8-,10+/m0/s1. The van der Waals surface area contributed by atoms with E-state index in [1.165, 1.54) is 6.07 Å². The summed E-state index contributed by atoms with van der Waals surface area (Å²) in [5.41, 5.74) is 0.413. The van der Waals surface area contributed by atoms with E-state index in [2.05, 4.69) is 21.2 Å². The number of aliphatic hydroxyl groups is 1. The zero-order valence-corrected chi connectivity index (χ0v) is 11.2. The number of carbonyl (C=O) groups excluding carboxylic acids is 1. The number of amides is 1. The molecule has 1 aromatic rings. The summed E-state index contributed by atoms with van der Waals surface area (Å²) in [6.45, 7) is 0.0991. The number of hydrogen-bond donors (Lipinski definition) is 3. The van der Waals surface area contributed by atoms with E-state index in [1.807, 2.05) is 12.2 Å². The van der Waals surface area contributed by atoms with E-state index in [0.29, 0.717) is 16.5 Å². The second-order valence-electron chi connectivity index (χ2n) is 4.31. The van der Waals surface area contributed by atoms with E-state index in [9.17, 15) is 9.90 Å². The van der Waals surface area contributed by atoms with Crippen molar-refractivity contribution in [2.45, 2.75) is 12.5 Å². The zero-order valence-electron chi connectivity index (χ0n) is 9.64. The van der Waals surface area contributed by atoms with Gasteiger partial charge in [0.25, 0.3) is 5.91 Å². The van der Waals surface area contributed by atoms with Crippen LogP contribution in [-0.2, 0) is 0 Å². The quantitative estimate of drug-likeness (QED) is 0.746. The molecule has 2 atom stereocenters. The third-order valence-electron chi connectivity index (χ3n) is 2.93. The molecule has 96 valence electrons. The fourth-order valence-corrected chi connectivity index (χ4v) is 2.17. The molecule has 0 aromatic heterocycles. The first-order valence-corrected chi connectivity index (χ1v) is 6.48. The van der Waals surface area contributed by atoms with E-state index in [0.717, 1.165) is 0 Å². The highest BCUT2D eigenvalue weighted by Gasteiger charge is 2.20. The number of rotatable bonds is 3. The van der Waals surface area contributed by atoms with Crippen LogP contribution in [0.25, 0.3) is 0 Å². The summed E-state index contributed by atoms with van der Waals surface area (Å²) in [4.78, 5) is 11.9. The fraction of sp³-hybridized carbons (Fsp3) is 0.308. The molecule has 0 aliphatic heterocycles. The second kappa shape index (κ2) is 5.54. The predicted molar refractivity (Wildman–Crippen MR) is 71.4 cm³/mol. The highest BCUT2D eigenvalue weighted by Crippen LogP contribution is 2.24. The number of benzene rings is 1. The van der Waals surface area contributed by atoms with Crippen LogP contribution < -0.4 is 5.32 Å². The van der Waals surface area contributed by atoms with Gasteiger partial charge in [-0.2, -0.15) is 0 Å². The van der Waals surface area contributed by atoms with Crippen molar-refractivity contribution in [3.8, 4) is 5.75 Å². The molecule has 0 spiro atoms. The van der Waals surface area contributed by atoms with Gasteiger partial charge in [-0.3, -0.25) is 4.79 Å². The Kier molecular flexibility index (Phi) is 4.04. The lowest BCUT2D eigenvalue weighted by Crippen LogP contribution is -2.32. The molecule has 1 amide bonds. The molecule has 2 rings (SSSR count). The lowest BCUT2D eigenvalue weighted by Gasteiger charge is -2.13.